The molecule has 2 aliphatic rings. The predicted molar refractivity (Wildman–Crippen MR) is 122 cm³/mol. The van der Waals surface area contributed by atoms with E-state index in [1.807, 2.05) is 0 Å². The first-order valence-electron chi connectivity index (χ1n) is 10.8. The Morgan fingerprint density at radius 1 is 1.44 bits per heavy atom. The highest BCUT2D eigenvalue weighted by atomic mass is 35.5. The molecule has 2 aliphatic heterocycles. The molecule has 1 amide bonds. The van der Waals surface area contributed by atoms with E-state index in [4.69, 9.17) is 22.1 Å². The number of nitrogens with zero attached hydrogens (tertiary/aromatic N) is 2. The highest BCUT2D eigenvalue weighted by molar-refractivity contribution is 7.16. The molecule has 1 saturated heterocycles. The monoisotopic (exact) mass is 510 g/mol. The van der Waals surface area contributed by atoms with E-state index in [-0.39, 0.29) is 22.9 Å². The lowest BCUT2D eigenvalue weighted by Gasteiger charge is -2.45. The number of ether oxygens (including phenoxy) is 1. The van der Waals surface area contributed by atoms with Crippen LogP contribution in [0.25, 0.3) is 5.69 Å². The van der Waals surface area contributed by atoms with Crippen LogP contribution in [0.3, 0.4) is 0 Å². The minimum absolute atomic E-state index is 0.00635. The normalized spacial score (nSPS) is 23.7. The Kier molecular flexibility index (Phi) is 5.75. The Morgan fingerprint density at radius 2 is 2.24 bits per heavy atom. The number of thiophene rings is 1. The molecule has 180 valence electrons. The molecule has 1 aromatic carbocycles. The molecule has 0 bridgehead atoms. The van der Waals surface area contributed by atoms with Gasteiger partial charge in [-0.25, -0.2) is 9.07 Å². The number of primary amides is 1. The number of fused-ring (bicyclic) bond motifs is 2. The maximum atomic E-state index is 14.6. The fourth-order valence-corrected chi connectivity index (χ4v) is 6.36. The number of halogens is 4. The van der Waals surface area contributed by atoms with Crippen LogP contribution in [0, 0.1) is 12.7 Å². The summed E-state index contributed by atoms with van der Waals surface area (Å²) in [5.41, 5.74) is 6.06. The molecular weight excluding hydrogens is 489 g/mol. The summed E-state index contributed by atoms with van der Waals surface area (Å²) in [5, 5.41) is 7.84. The maximum Gasteiger partial charge on any atom is 0.297 e. The van der Waals surface area contributed by atoms with Gasteiger partial charge in [0, 0.05) is 22.7 Å². The number of aryl methyl sites for hydroxylation is 1. The Balaban J connectivity index is 1.43. The highest BCUT2D eigenvalue weighted by Crippen LogP contribution is 2.52. The molecule has 0 saturated carbocycles. The number of aromatic nitrogens is 2. The summed E-state index contributed by atoms with van der Waals surface area (Å²) in [6.45, 7) is 1.70. The first kappa shape index (κ1) is 23.3. The molecule has 3 N–H and O–H groups in total. The number of hydrogen-bond donors (Lipinski definition) is 2. The van der Waals surface area contributed by atoms with Gasteiger partial charge in [-0.15, -0.1) is 11.3 Å². The molecule has 2 unspecified atom stereocenters. The summed E-state index contributed by atoms with van der Waals surface area (Å²) >= 11 is 7.26. The summed E-state index contributed by atoms with van der Waals surface area (Å²) in [4.78, 5) is 12.3. The van der Waals surface area contributed by atoms with Gasteiger partial charge in [0.15, 0.2) is 0 Å². The number of carbonyl (C=O) groups excluding carboxylic acids is 1. The van der Waals surface area contributed by atoms with Crippen LogP contribution < -0.4 is 11.1 Å². The van der Waals surface area contributed by atoms with Crippen LogP contribution >= 0.6 is 22.9 Å². The molecule has 6 nitrogen and oxygen atoms in total. The van der Waals surface area contributed by atoms with E-state index < -0.39 is 29.9 Å². The summed E-state index contributed by atoms with van der Waals surface area (Å²) in [7, 11) is 0. The summed E-state index contributed by atoms with van der Waals surface area (Å²) in [5.74, 6) is -4.43. The van der Waals surface area contributed by atoms with Crippen molar-refractivity contribution in [3.63, 3.8) is 0 Å². The van der Waals surface area contributed by atoms with Crippen LogP contribution in [-0.2, 0) is 22.7 Å². The number of para-hydroxylation sites is 1. The fraction of sp³-hybridized carbons (Fsp3) is 0.391. The standard InChI is InChI=1S/C23H22ClF3N4O2S/c1-12-13(10-31(30-12)19-15(21(28)32)3-2-4-17(19)25)7-14-9-22(5-6-29-14)20-16(8-18(24)34-20)23(26,27)11-33-22/h2-4,8,10,14,29H,5-7,9,11H2,1H3,(H2,28,32). The van der Waals surface area contributed by atoms with E-state index in [9.17, 15) is 18.0 Å². The fourth-order valence-electron chi connectivity index (χ4n) is 4.90. The first-order chi connectivity index (χ1) is 16.1. The van der Waals surface area contributed by atoms with Crippen LogP contribution in [0.15, 0.2) is 30.5 Å². The van der Waals surface area contributed by atoms with Crippen molar-refractivity contribution in [2.24, 2.45) is 5.73 Å². The third kappa shape index (κ3) is 3.92. The largest absolute Gasteiger partial charge is 0.366 e. The van der Waals surface area contributed by atoms with Gasteiger partial charge >= 0.3 is 0 Å². The molecule has 34 heavy (non-hydrogen) atoms. The Bertz CT molecular complexity index is 1280. The number of alkyl halides is 2. The number of benzene rings is 1. The van der Waals surface area contributed by atoms with Gasteiger partial charge in [-0.3, -0.25) is 4.79 Å². The zero-order valence-electron chi connectivity index (χ0n) is 18.2. The summed E-state index contributed by atoms with van der Waals surface area (Å²) < 4.78 is 51.0. The van der Waals surface area contributed by atoms with E-state index in [1.165, 1.54) is 28.9 Å². The van der Waals surface area contributed by atoms with Crippen LogP contribution in [0.1, 0.15) is 44.9 Å². The molecule has 5 rings (SSSR count). The minimum Gasteiger partial charge on any atom is -0.366 e. The van der Waals surface area contributed by atoms with Crippen molar-refractivity contribution in [2.45, 2.75) is 43.8 Å². The van der Waals surface area contributed by atoms with Crippen molar-refractivity contribution < 1.29 is 22.7 Å². The molecule has 1 spiro atoms. The zero-order chi connectivity index (χ0) is 24.3. The average Bonchev–Trinajstić information content (AvgIpc) is 3.35. The lowest BCUT2D eigenvalue weighted by molar-refractivity contribution is -0.178. The number of nitrogens with one attached hydrogen (secondary N) is 1. The number of hydrogen-bond acceptors (Lipinski definition) is 5. The number of nitrogens with two attached hydrogens (primary N) is 1. The van der Waals surface area contributed by atoms with Gasteiger partial charge in [0.05, 0.1) is 15.6 Å². The van der Waals surface area contributed by atoms with E-state index >= 15 is 0 Å². The van der Waals surface area contributed by atoms with Crippen molar-refractivity contribution in [1.82, 2.24) is 15.1 Å². The molecule has 4 heterocycles. The van der Waals surface area contributed by atoms with Crippen molar-refractivity contribution >= 4 is 28.8 Å². The van der Waals surface area contributed by atoms with Crippen molar-refractivity contribution in [3.8, 4) is 5.69 Å². The molecule has 3 aromatic rings. The third-order valence-electron chi connectivity index (χ3n) is 6.53. The van der Waals surface area contributed by atoms with Gasteiger partial charge in [0.25, 0.3) is 11.8 Å². The number of rotatable bonds is 4. The molecule has 0 radical (unpaired) electrons. The molecule has 11 heteroatoms. The Labute approximate surface area is 202 Å². The van der Waals surface area contributed by atoms with Crippen LogP contribution in [0.2, 0.25) is 4.34 Å². The van der Waals surface area contributed by atoms with E-state index in [0.717, 1.165) is 16.9 Å². The van der Waals surface area contributed by atoms with Gasteiger partial charge in [0.2, 0.25) is 0 Å². The zero-order valence-corrected chi connectivity index (χ0v) is 19.8. The molecule has 2 atom stereocenters. The lowest BCUT2D eigenvalue weighted by Crippen LogP contribution is -2.52. The SMILES string of the molecule is Cc1nn(-c2c(F)cccc2C(N)=O)cc1CC1CC2(CCN1)OCC(F)(F)c1cc(Cl)sc12. The van der Waals surface area contributed by atoms with Gasteiger partial charge in [0.1, 0.15) is 23.7 Å². The topological polar surface area (TPSA) is 82.2 Å². The van der Waals surface area contributed by atoms with E-state index in [1.54, 1.807) is 13.1 Å². The van der Waals surface area contributed by atoms with E-state index in [0.29, 0.717) is 40.7 Å². The third-order valence-corrected chi connectivity index (χ3v) is 7.98. The summed E-state index contributed by atoms with van der Waals surface area (Å²) in [6.07, 6.45) is 3.22. The van der Waals surface area contributed by atoms with Crippen LogP contribution in [-0.4, -0.2) is 34.9 Å². The van der Waals surface area contributed by atoms with E-state index in [2.05, 4.69) is 10.4 Å². The van der Waals surface area contributed by atoms with Crippen molar-refractivity contribution in [1.29, 1.82) is 0 Å². The molecular formula is C23H22ClF3N4O2S. The molecule has 2 aromatic heterocycles. The quantitative estimate of drug-likeness (QED) is 0.543. The molecule has 1 fully saturated rings. The lowest BCUT2D eigenvalue weighted by atomic mass is 9.80. The van der Waals surface area contributed by atoms with Gasteiger partial charge in [-0.2, -0.15) is 13.9 Å². The smallest absolute Gasteiger partial charge is 0.297 e. The van der Waals surface area contributed by atoms with Gasteiger partial charge in [-0.1, -0.05) is 17.7 Å². The maximum absolute atomic E-state index is 14.6. The van der Waals surface area contributed by atoms with Gasteiger partial charge in [-0.05, 0) is 56.5 Å². The average molecular weight is 511 g/mol. The Morgan fingerprint density at radius 3 is 3.00 bits per heavy atom. The Hall–Kier alpha value is -2.40. The van der Waals surface area contributed by atoms with Gasteiger partial charge < -0.3 is 15.8 Å². The van der Waals surface area contributed by atoms with Crippen molar-refractivity contribution in [2.75, 3.05) is 13.2 Å². The number of carbonyl (C=O) groups is 1. The minimum atomic E-state index is -3.07. The number of amides is 1. The second kappa shape index (κ2) is 8.37. The first-order valence-corrected chi connectivity index (χ1v) is 12.0. The summed E-state index contributed by atoms with van der Waals surface area (Å²) in [6, 6.07) is 5.36. The van der Waals surface area contributed by atoms with Crippen LogP contribution in [0.5, 0.6) is 0 Å². The van der Waals surface area contributed by atoms with Crippen molar-refractivity contribution in [3.05, 3.63) is 67.9 Å². The predicted octanol–water partition coefficient (Wildman–Crippen LogP) is 4.45. The molecule has 0 aliphatic carbocycles. The highest BCUT2D eigenvalue weighted by Gasteiger charge is 2.52. The second-order valence-corrected chi connectivity index (χ2v) is 10.5. The second-order valence-electron chi connectivity index (χ2n) is 8.77. The van der Waals surface area contributed by atoms with Crippen LogP contribution in [0.4, 0.5) is 13.2 Å². The number of piperidine rings is 1.